The summed E-state index contributed by atoms with van der Waals surface area (Å²) in [6, 6.07) is 7.25. The van der Waals surface area contributed by atoms with E-state index in [0.717, 1.165) is 17.3 Å². The van der Waals surface area contributed by atoms with E-state index >= 15 is 0 Å². The summed E-state index contributed by atoms with van der Waals surface area (Å²) in [7, 11) is 0. The molecule has 1 atom stereocenters. The van der Waals surface area contributed by atoms with Gasteiger partial charge in [-0.1, -0.05) is 25.1 Å². The third-order valence-corrected chi connectivity index (χ3v) is 4.19. The van der Waals surface area contributed by atoms with Crippen molar-refractivity contribution in [2.45, 2.75) is 39.3 Å². The van der Waals surface area contributed by atoms with Gasteiger partial charge in [-0.25, -0.2) is 0 Å². The highest BCUT2D eigenvalue weighted by Gasteiger charge is 2.17. The van der Waals surface area contributed by atoms with Gasteiger partial charge >= 0.3 is 0 Å². The molecule has 26 heavy (non-hydrogen) atoms. The zero-order valence-electron chi connectivity index (χ0n) is 14.8. The van der Waals surface area contributed by atoms with Crippen LogP contribution < -0.4 is 11.1 Å². The number of rotatable bonds is 7. The average molecular weight is 354 g/mol. The molecule has 8 nitrogen and oxygen atoms in total. The summed E-state index contributed by atoms with van der Waals surface area (Å²) in [5, 5.41) is 10.2. The Morgan fingerprint density at radius 1 is 1.35 bits per heavy atom. The number of hydrogen-bond acceptors (Lipinski definition) is 5. The van der Waals surface area contributed by atoms with Crippen LogP contribution in [0.25, 0.3) is 10.9 Å². The molecule has 2 aromatic heterocycles. The molecule has 0 fully saturated rings. The van der Waals surface area contributed by atoms with E-state index in [2.05, 4.69) is 20.5 Å². The van der Waals surface area contributed by atoms with Crippen LogP contribution >= 0.6 is 0 Å². The number of ketones is 1. The topological polar surface area (TPSA) is 119 Å². The lowest BCUT2D eigenvalue weighted by Crippen LogP contribution is -2.30. The van der Waals surface area contributed by atoms with Crippen LogP contribution in [0.1, 0.15) is 48.9 Å². The summed E-state index contributed by atoms with van der Waals surface area (Å²) in [4.78, 5) is 28.8. The largest absolute Gasteiger partial charge is 0.367 e. The minimum atomic E-state index is -0.352. The number of H-pyrrole nitrogens is 1. The van der Waals surface area contributed by atoms with Crippen molar-refractivity contribution in [1.82, 2.24) is 25.1 Å². The Labute approximate surface area is 150 Å². The Hall–Kier alpha value is -3.16. The van der Waals surface area contributed by atoms with Crippen LogP contribution in [0.3, 0.4) is 0 Å². The molecule has 3 rings (SSSR count). The average Bonchev–Trinajstić information content (AvgIpc) is 3.20. The number of nitrogens with zero attached hydrogens (tertiary/aromatic N) is 3. The number of hydrogen-bond donors (Lipinski definition) is 3. The monoisotopic (exact) mass is 354 g/mol. The molecular formula is C18H22N6O2. The molecule has 0 radical (unpaired) electrons. The van der Waals surface area contributed by atoms with E-state index in [1.807, 2.05) is 31.2 Å². The number of nitrogens with one attached hydrogen (secondary N) is 2. The highest BCUT2D eigenvalue weighted by molar-refractivity contribution is 6.08. The SMILES string of the molecule is CCCC(=O)c1cn(CC(=O)N[C@H](C)c2nc(N)n[nH]2)c2ccccc12. The molecule has 0 saturated heterocycles. The van der Waals surface area contributed by atoms with Crippen molar-refractivity contribution >= 4 is 28.5 Å². The van der Waals surface area contributed by atoms with Crippen molar-refractivity contribution in [3.8, 4) is 0 Å². The van der Waals surface area contributed by atoms with Crippen LogP contribution in [-0.4, -0.2) is 31.4 Å². The standard InChI is InChI=1S/C18H22N6O2/c1-3-6-15(25)13-9-24(14-8-5-4-7-12(13)14)10-16(26)20-11(2)17-21-18(19)23-22-17/h4-5,7-9,11H,3,6,10H2,1-2H3,(H,20,26)(H3,19,21,22,23)/t11-/m1/s1. The molecule has 3 aromatic rings. The first-order chi connectivity index (χ1) is 12.5. The minimum absolute atomic E-state index is 0.0911. The van der Waals surface area contributed by atoms with E-state index in [1.165, 1.54) is 0 Å². The molecule has 2 heterocycles. The van der Waals surface area contributed by atoms with Crippen molar-refractivity contribution < 1.29 is 9.59 Å². The lowest BCUT2D eigenvalue weighted by Gasteiger charge is -2.12. The van der Waals surface area contributed by atoms with Gasteiger partial charge in [-0.2, -0.15) is 4.98 Å². The molecule has 8 heteroatoms. The maximum atomic E-state index is 12.4. The van der Waals surface area contributed by atoms with Crippen LogP contribution in [0.2, 0.25) is 0 Å². The fourth-order valence-electron chi connectivity index (χ4n) is 2.95. The highest BCUT2D eigenvalue weighted by atomic mass is 16.2. The van der Waals surface area contributed by atoms with Crippen LogP contribution in [-0.2, 0) is 11.3 Å². The molecule has 0 spiro atoms. The number of amides is 1. The van der Waals surface area contributed by atoms with Gasteiger partial charge < -0.3 is 15.6 Å². The van der Waals surface area contributed by atoms with Gasteiger partial charge in [-0.15, -0.1) is 5.10 Å². The molecule has 1 aromatic carbocycles. The fourth-order valence-corrected chi connectivity index (χ4v) is 2.95. The number of aromatic nitrogens is 4. The van der Waals surface area contributed by atoms with Gasteiger partial charge in [-0.3, -0.25) is 14.7 Å². The van der Waals surface area contributed by atoms with Crippen LogP contribution in [0.4, 0.5) is 5.95 Å². The Morgan fingerprint density at radius 2 is 2.12 bits per heavy atom. The smallest absolute Gasteiger partial charge is 0.240 e. The second-order valence-electron chi connectivity index (χ2n) is 6.23. The molecule has 0 saturated carbocycles. The number of anilines is 1. The van der Waals surface area contributed by atoms with E-state index in [1.54, 1.807) is 17.7 Å². The summed E-state index contributed by atoms with van der Waals surface area (Å²) in [6.07, 6.45) is 3.04. The normalized spacial score (nSPS) is 12.2. The maximum Gasteiger partial charge on any atom is 0.240 e. The zero-order chi connectivity index (χ0) is 18.7. The third kappa shape index (κ3) is 3.58. The van der Waals surface area contributed by atoms with Gasteiger partial charge in [0.2, 0.25) is 11.9 Å². The molecule has 136 valence electrons. The van der Waals surface area contributed by atoms with Crippen molar-refractivity contribution in [3.05, 3.63) is 41.9 Å². The second-order valence-corrected chi connectivity index (χ2v) is 6.23. The summed E-state index contributed by atoms with van der Waals surface area (Å²) >= 11 is 0. The number of carbonyl (C=O) groups excluding carboxylic acids is 2. The summed E-state index contributed by atoms with van der Waals surface area (Å²) in [6.45, 7) is 3.87. The van der Waals surface area contributed by atoms with Crippen molar-refractivity contribution in [2.75, 3.05) is 5.73 Å². The van der Waals surface area contributed by atoms with Gasteiger partial charge in [0.05, 0.1) is 6.04 Å². The number of carbonyl (C=O) groups is 2. The number of Topliss-reactive ketones (excluding diaryl/α,β-unsaturated/α-hetero) is 1. The van der Waals surface area contributed by atoms with Crippen molar-refractivity contribution in [3.63, 3.8) is 0 Å². The van der Waals surface area contributed by atoms with Gasteiger partial charge in [0.25, 0.3) is 0 Å². The summed E-state index contributed by atoms with van der Waals surface area (Å²) < 4.78 is 1.80. The molecule has 0 aliphatic rings. The zero-order valence-corrected chi connectivity index (χ0v) is 14.8. The molecule has 4 N–H and O–H groups in total. The Balaban J connectivity index is 1.80. The van der Waals surface area contributed by atoms with E-state index in [0.29, 0.717) is 17.8 Å². The summed E-state index contributed by atoms with van der Waals surface area (Å²) in [5.41, 5.74) is 7.00. The Morgan fingerprint density at radius 3 is 2.81 bits per heavy atom. The van der Waals surface area contributed by atoms with Crippen LogP contribution in [0, 0.1) is 0 Å². The van der Waals surface area contributed by atoms with Gasteiger partial charge in [0.15, 0.2) is 5.78 Å². The fraction of sp³-hybridized carbons (Fsp3) is 0.333. The van der Waals surface area contributed by atoms with Gasteiger partial charge in [0.1, 0.15) is 12.4 Å². The van der Waals surface area contributed by atoms with Gasteiger partial charge in [-0.05, 0) is 19.4 Å². The van der Waals surface area contributed by atoms with Crippen LogP contribution in [0.15, 0.2) is 30.5 Å². The molecule has 0 aliphatic heterocycles. The first-order valence-electron chi connectivity index (χ1n) is 8.57. The number of nitrogen functional groups attached to an aromatic ring is 1. The minimum Gasteiger partial charge on any atom is -0.367 e. The number of fused-ring (bicyclic) bond motifs is 1. The second kappa shape index (κ2) is 7.38. The molecule has 0 unspecified atom stereocenters. The predicted molar refractivity (Wildman–Crippen MR) is 98.5 cm³/mol. The predicted octanol–water partition coefficient (Wildman–Crippen LogP) is 2.20. The highest BCUT2D eigenvalue weighted by Crippen LogP contribution is 2.23. The van der Waals surface area contributed by atoms with Crippen LogP contribution in [0.5, 0.6) is 0 Å². The number of aromatic amines is 1. The Kier molecular flexibility index (Phi) is 5.01. The lowest BCUT2D eigenvalue weighted by molar-refractivity contribution is -0.122. The Bertz CT molecular complexity index is 942. The number of benzene rings is 1. The van der Waals surface area contributed by atoms with Gasteiger partial charge in [0, 0.05) is 29.1 Å². The maximum absolute atomic E-state index is 12.4. The number of para-hydroxylation sites is 1. The van der Waals surface area contributed by atoms with E-state index in [9.17, 15) is 9.59 Å². The molecular weight excluding hydrogens is 332 g/mol. The van der Waals surface area contributed by atoms with Crippen molar-refractivity contribution in [1.29, 1.82) is 0 Å². The number of nitrogens with two attached hydrogens (primary N) is 1. The first kappa shape index (κ1) is 17.7. The molecule has 1 amide bonds. The molecule has 0 bridgehead atoms. The first-order valence-corrected chi connectivity index (χ1v) is 8.57. The van der Waals surface area contributed by atoms with E-state index in [4.69, 9.17) is 5.73 Å². The van der Waals surface area contributed by atoms with Crippen molar-refractivity contribution in [2.24, 2.45) is 0 Å². The quantitative estimate of drug-likeness (QED) is 0.562. The van der Waals surface area contributed by atoms with E-state index < -0.39 is 0 Å². The molecule has 0 aliphatic carbocycles. The van der Waals surface area contributed by atoms with E-state index in [-0.39, 0.29) is 30.2 Å². The lowest BCUT2D eigenvalue weighted by atomic mass is 10.1. The summed E-state index contributed by atoms with van der Waals surface area (Å²) in [5.74, 6) is 0.527. The third-order valence-electron chi connectivity index (χ3n) is 4.19.